The van der Waals surface area contributed by atoms with Crippen molar-refractivity contribution in [2.45, 2.75) is 6.17 Å². The number of nitrogens with zero attached hydrogens (tertiary/aromatic N) is 2. The summed E-state index contributed by atoms with van der Waals surface area (Å²) in [4.78, 5) is 11.8. The number of fused-ring (bicyclic) bond motifs is 7. The maximum Gasteiger partial charge on any atom is 0.179 e. The van der Waals surface area contributed by atoms with Gasteiger partial charge in [0.1, 0.15) is 11.7 Å². The second kappa shape index (κ2) is 9.62. The Hall–Kier alpha value is -5.32. The maximum atomic E-state index is 5.32. The fourth-order valence-electron chi connectivity index (χ4n) is 6.56. The molecule has 202 valence electrons. The number of thiophene rings is 1. The van der Waals surface area contributed by atoms with Gasteiger partial charge in [-0.2, -0.15) is 0 Å². The summed E-state index contributed by atoms with van der Waals surface area (Å²) in [6.07, 6.45) is -0.403. The van der Waals surface area contributed by atoms with Crippen molar-refractivity contribution in [2.24, 2.45) is 9.98 Å². The van der Waals surface area contributed by atoms with Crippen LogP contribution in [0.5, 0.6) is 0 Å². The molecule has 7 aromatic rings. The summed E-state index contributed by atoms with van der Waals surface area (Å²) in [6.45, 7) is 0. The van der Waals surface area contributed by atoms with Crippen molar-refractivity contribution in [1.29, 1.82) is 0 Å². The first-order valence-electron chi connectivity index (χ1n) is 14.5. The van der Waals surface area contributed by atoms with E-state index in [0.29, 0.717) is 0 Å². The van der Waals surface area contributed by atoms with Crippen molar-refractivity contribution in [1.82, 2.24) is 5.32 Å². The molecule has 43 heavy (non-hydrogen) atoms. The standard InChI is InChI=1S/C39H25N3S/c1-3-13-24(14-4-1)37-40-38(25-15-5-2-6-16-25)42-39(41-37)36-33-31-22-12-11-20-29(31)28-19-9-10-21-30(28)32-23-26-17-7-8-18-27(26)35(43-36)34(32)33/h1-23,39H,(H,40,41,42). The van der Waals surface area contributed by atoms with Crippen LogP contribution in [-0.2, 0) is 0 Å². The summed E-state index contributed by atoms with van der Waals surface area (Å²) in [7, 11) is 0. The quantitative estimate of drug-likeness (QED) is 0.227. The summed E-state index contributed by atoms with van der Waals surface area (Å²) in [5, 5.41) is 7.37. The molecule has 1 aliphatic carbocycles. The summed E-state index contributed by atoms with van der Waals surface area (Å²) in [5.74, 6) is 1.67. The number of rotatable bonds is 3. The van der Waals surface area contributed by atoms with Crippen LogP contribution in [0.1, 0.15) is 22.2 Å². The van der Waals surface area contributed by atoms with E-state index < -0.39 is 6.17 Å². The third kappa shape index (κ3) is 3.80. The molecule has 6 aromatic carbocycles. The molecule has 3 nitrogen and oxygen atoms in total. The van der Waals surface area contributed by atoms with Crippen LogP contribution < -0.4 is 5.32 Å². The van der Waals surface area contributed by atoms with Gasteiger partial charge in [0, 0.05) is 26.8 Å². The van der Waals surface area contributed by atoms with E-state index in [-0.39, 0.29) is 0 Å². The fourth-order valence-corrected chi connectivity index (χ4v) is 7.91. The van der Waals surface area contributed by atoms with E-state index in [1.165, 1.54) is 54.2 Å². The van der Waals surface area contributed by atoms with E-state index in [0.717, 1.165) is 27.7 Å². The number of benzene rings is 6. The van der Waals surface area contributed by atoms with Gasteiger partial charge in [0.25, 0.3) is 0 Å². The highest BCUT2D eigenvalue weighted by molar-refractivity contribution is 7.21. The molecule has 0 fully saturated rings. The molecule has 1 N–H and O–H groups in total. The van der Waals surface area contributed by atoms with Crippen LogP contribution in [0.3, 0.4) is 0 Å². The smallest absolute Gasteiger partial charge is 0.179 e. The second-order valence-corrected chi connectivity index (χ2v) is 12.0. The van der Waals surface area contributed by atoms with Gasteiger partial charge in [0.2, 0.25) is 0 Å². The Morgan fingerprint density at radius 3 is 1.67 bits per heavy atom. The lowest BCUT2D eigenvalue weighted by molar-refractivity contribution is 0.773. The van der Waals surface area contributed by atoms with Crippen molar-refractivity contribution < 1.29 is 0 Å². The Labute approximate surface area is 253 Å². The number of nitrogens with one attached hydrogen (secondary N) is 1. The van der Waals surface area contributed by atoms with E-state index in [1.54, 1.807) is 0 Å². The minimum absolute atomic E-state index is 0.403. The molecule has 1 aromatic heterocycles. The van der Waals surface area contributed by atoms with Gasteiger partial charge in [-0.15, -0.1) is 11.3 Å². The highest BCUT2D eigenvalue weighted by Gasteiger charge is 2.31. The molecule has 0 spiro atoms. The SMILES string of the molecule is c1ccc(C2=NC(c3sc4c5c(cc6ccccc64)-c4ccccc4-c4ccccc4-c35)N=C(c3ccccc3)N2)cc1. The van der Waals surface area contributed by atoms with Crippen LogP contribution in [0.25, 0.3) is 54.2 Å². The molecule has 0 radical (unpaired) electrons. The average molecular weight is 568 g/mol. The largest absolute Gasteiger partial charge is 0.324 e. The molecule has 1 aliphatic heterocycles. The van der Waals surface area contributed by atoms with Gasteiger partial charge in [-0.05, 0) is 44.7 Å². The van der Waals surface area contributed by atoms with Crippen molar-refractivity contribution in [3.05, 3.63) is 156 Å². The first-order valence-corrected chi connectivity index (χ1v) is 15.4. The van der Waals surface area contributed by atoms with Gasteiger partial charge >= 0.3 is 0 Å². The topological polar surface area (TPSA) is 36.8 Å². The summed E-state index contributed by atoms with van der Waals surface area (Å²) >= 11 is 1.84. The monoisotopic (exact) mass is 567 g/mol. The number of hydrogen-bond acceptors (Lipinski definition) is 4. The summed E-state index contributed by atoms with van der Waals surface area (Å²) < 4.78 is 1.29. The number of hydrogen-bond donors (Lipinski definition) is 1. The Kier molecular flexibility index (Phi) is 5.43. The predicted molar refractivity (Wildman–Crippen MR) is 181 cm³/mol. The lowest BCUT2D eigenvalue weighted by Gasteiger charge is -2.22. The zero-order valence-corrected chi connectivity index (χ0v) is 24.0. The van der Waals surface area contributed by atoms with E-state index in [9.17, 15) is 0 Å². The molecular formula is C39H25N3S. The molecule has 9 rings (SSSR count). The van der Waals surface area contributed by atoms with Crippen LogP contribution >= 0.6 is 11.3 Å². The van der Waals surface area contributed by atoms with Gasteiger partial charge < -0.3 is 5.32 Å². The van der Waals surface area contributed by atoms with Gasteiger partial charge in [-0.3, -0.25) is 0 Å². The molecule has 2 heterocycles. The number of amidine groups is 2. The van der Waals surface area contributed by atoms with Gasteiger partial charge in [-0.1, -0.05) is 133 Å². The molecule has 2 aliphatic rings. The average Bonchev–Trinajstić information content (AvgIpc) is 3.44. The first-order chi connectivity index (χ1) is 21.3. The van der Waals surface area contributed by atoms with Crippen molar-refractivity contribution in [3.8, 4) is 33.4 Å². The molecule has 0 unspecified atom stereocenters. The molecular weight excluding hydrogens is 543 g/mol. The molecule has 4 heteroatoms. The van der Waals surface area contributed by atoms with Crippen LogP contribution in [-0.4, -0.2) is 11.7 Å². The Morgan fingerprint density at radius 2 is 1.02 bits per heavy atom. The first kappa shape index (κ1) is 24.3. The Morgan fingerprint density at radius 1 is 0.512 bits per heavy atom. The van der Waals surface area contributed by atoms with Crippen LogP contribution in [0.4, 0.5) is 0 Å². The van der Waals surface area contributed by atoms with E-state index in [4.69, 9.17) is 9.98 Å². The Bertz CT molecular complexity index is 2210. The summed E-state index contributed by atoms with van der Waals surface area (Å²) in [6, 6.07) is 49.5. The van der Waals surface area contributed by atoms with Gasteiger partial charge in [-0.25, -0.2) is 9.98 Å². The fraction of sp³-hybridized carbons (Fsp3) is 0.0256. The maximum absolute atomic E-state index is 5.32. The molecule has 0 atom stereocenters. The minimum Gasteiger partial charge on any atom is -0.324 e. The predicted octanol–water partition coefficient (Wildman–Crippen LogP) is 9.86. The van der Waals surface area contributed by atoms with Crippen LogP contribution in [0, 0.1) is 0 Å². The van der Waals surface area contributed by atoms with Crippen LogP contribution in [0.2, 0.25) is 0 Å². The normalized spacial score (nSPS) is 14.0. The van der Waals surface area contributed by atoms with Crippen molar-refractivity contribution in [2.75, 3.05) is 0 Å². The lowest BCUT2D eigenvalue weighted by Crippen LogP contribution is -2.35. The third-order valence-electron chi connectivity index (χ3n) is 8.48. The van der Waals surface area contributed by atoms with E-state index >= 15 is 0 Å². The zero-order valence-electron chi connectivity index (χ0n) is 23.2. The minimum atomic E-state index is -0.403. The van der Waals surface area contributed by atoms with Crippen LogP contribution in [0.15, 0.2) is 150 Å². The van der Waals surface area contributed by atoms with E-state index in [2.05, 4.69) is 133 Å². The molecule has 0 amide bonds. The van der Waals surface area contributed by atoms with Gasteiger partial charge in [0.15, 0.2) is 6.17 Å². The lowest BCUT2D eigenvalue weighted by atomic mass is 9.93. The van der Waals surface area contributed by atoms with Crippen molar-refractivity contribution in [3.63, 3.8) is 0 Å². The number of aliphatic imine (C=N–C) groups is 2. The molecule has 0 saturated carbocycles. The third-order valence-corrected chi connectivity index (χ3v) is 9.75. The highest BCUT2D eigenvalue weighted by Crippen LogP contribution is 2.55. The summed E-state index contributed by atoms with van der Waals surface area (Å²) in [5.41, 5.74) is 9.60. The second-order valence-electron chi connectivity index (χ2n) is 11.0. The highest BCUT2D eigenvalue weighted by atomic mass is 32.1. The van der Waals surface area contributed by atoms with Gasteiger partial charge in [0.05, 0.1) is 4.88 Å². The Balaban J connectivity index is 1.40. The molecule has 0 bridgehead atoms. The van der Waals surface area contributed by atoms with E-state index in [1.807, 2.05) is 23.5 Å². The molecule has 0 saturated heterocycles. The van der Waals surface area contributed by atoms with Crippen molar-refractivity contribution >= 4 is 43.9 Å². The zero-order chi connectivity index (χ0) is 28.3.